The zero-order chi connectivity index (χ0) is 2.00. The first-order chi connectivity index (χ1) is 1.00. The Kier molecular flexibility index (Phi) is 92.4. The normalized spacial score (nSPS) is 0.750. The molecule has 1 nitrogen and oxygen atoms in total. The van der Waals surface area contributed by atoms with Crippen molar-refractivity contribution in [2.45, 2.75) is 0 Å². The molecule has 0 unspecified atom stereocenters. The summed E-state index contributed by atoms with van der Waals surface area (Å²) in [4.78, 5) is 0. The van der Waals surface area contributed by atoms with Gasteiger partial charge in [-0.25, -0.2) is 0 Å². The van der Waals surface area contributed by atoms with Gasteiger partial charge >= 0.3 is 46.4 Å². The van der Waals surface area contributed by atoms with Gasteiger partial charge in [0, 0.05) is 16.5 Å². The number of hydrogen-bond acceptors (Lipinski definition) is 1. The first-order valence-corrected chi connectivity index (χ1v) is 1.21. The molecule has 0 amide bonds. The Morgan fingerprint density at radius 2 is 1.50 bits per heavy atom. The molecule has 0 radical (unpaired) electrons. The zero-order valence-electron chi connectivity index (χ0n) is 3.22. The molecule has 0 aromatic heterocycles. The van der Waals surface area contributed by atoms with Crippen molar-refractivity contribution in [3.63, 3.8) is 0 Å². The third-order valence-electron chi connectivity index (χ3n) is 0. The van der Waals surface area contributed by atoms with E-state index in [1.165, 1.54) is 0 Å². The minimum absolute atomic E-state index is 0. The van der Waals surface area contributed by atoms with Gasteiger partial charge in [0.1, 0.15) is 0 Å². The summed E-state index contributed by atoms with van der Waals surface area (Å²) >= 11 is 0.300. The predicted octanol–water partition coefficient (Wildman–Crippen LogP) is -3.01. The van der Waals surface area contributed by atoms with Crippen molar-refractivity contribution < 1.29 is 64.3 Å². The van der Waals surface area contributed by atoms with E-state index in [9.17, 15) is 0 Å². The van der Waals surface area contributed by atoms with Gasteiger partial charge in [0.25, 0.3) is 0 Å². The molecule has 0 aliphatic rings. The molecule has 4 heteroatoms. The van der Waals surface area contributed by atoms with E-state index in [-0.39, 0.29) is 36.8 Å². The van der Waals surface area contributed by atoms with Crippen molar-refractivity contribution in [3.8, 4) is 0 Å². The Hall–Kier alpha value is 1.77. The van der Waals surface area contributed by atoms with Gasteiger partial charge in [0.15, 0.2) is 0 Å². The first-order valence-electron chi connectivity index (χ1n) is 0.204. The summed E-state index contributed by atoms with van der Waals surface area (Å²) in [6, 6.07) is 0. The van der Waals surface area contributed by atoms with Crippen LogP contribution in [0, 0.1) is 0 Å². The summed E-state index contributed by atoms with van der Waals surface area (Å²) < 4.78 is 8.34. The van der Waals surface area contributed by atoms with Crippen LogP contribution >= 0.6 is 0 Å². The fourth-order valence-corrected chi connectivity index (χ4v) is 0. The summed E-state index contributed by atoms with van der Waals surface area (Å²) in [5.74, 6) is 0. The van der Waals surface area contributed by atoms with Crippen LogP contribution < -0.4 is 18.9 Å². The summed E-state index contributed by atoms with van der Waals surface area (Å²) in [6.07, 6.45) is 0. The molecule has 0 fully saturated rings. The average Bonchev–Trinajstić information content (AvgIpc) is 1.00. The third-order valence-corrected chi connectivity index (χ3v) is 0. The molecule has 0 heterocycles. The summed E-state index contributed by atoms with van der Waals surface area (Å²) in [5, 5.41) is 0. The van der Waals surface area contributed by atoms with Gasteiger partial charge in [0.2, 0.25) is 0 Å². The fraction of sp³-hybridized carbons (Fsp3) is 0. The monoisotopic (exact) mass is 172 g/mol. The molecule has 0 spiro atoms. The molecule has 0 N–H and O–H groups in total. The van der Waals surface area contributed by atoms with Crippen LogP contribution in [-0.4, -0.2) is 0 Å². The predicted molar refractivity (Wildman–Crippen MR) is 1.80 cm³/mol. The summed E-state index contributed by atoms with van der Waals surface area (Å²) in [5.41, 5.74) is 0. The van der Waals surface area contributed by atoms with Crippen LogP contribution in [0.15, 0.2) is 0 Å². The molecule has 0 aromatic carbocycles. The van der Waals surface area contributed by atoms with Crippen LogP contribution in [0.25, 0.3) is 0 Å². The summed E-state index contributed by atoms with van der Waals surface area (Å²) in [7, 11) is 0. The SMILES string of the molecule is [H-].[Li+].[Ni].[O]=[Zr]. The molecule has 22 valence electrons. The van der Waals surface area contributed by atoms with E-state index in [0.717, 1.165) is 0 Å². The average molecular weight is 174 g/mol. The maximum absolute atomic E-state index is 8.34. The van der Waals surface area contributed by atoms with Crippen molar-refractivity contribution in [2.75, 3.05) is 0 Å². The van der Waals surface area contributed by atoms with Gasteiger partial charge in [-0.2, -0.15) is 0 Å². The van der Waals surface area contributed by atoms with Crippen molar-refractivity contribution in [2.24, 2.45) is 0 Å². The van der Waals surface area contributed by atoms with Crippen LogP contribution in [0.2, 0.25) is 0 Å². The Morgan fingerprint density at radius 1 is 1.50 bits per heavy atom. The van der Waals surface area contributed by atoms with Crippen molar-refractivity contribution in [3.05, 3.63) is 0 Å². The van der Waals surface area contributed by atoms with Gasteiger partial charge in [0.05, 0.1) is 0 Å². The molecule has 0 aromatic rings. The second-order valence-corrected chi connectivity index (χ2v) is 0. The van der Waals surface area contributed by atoms with E-state index in [0.29, 0.717) is 24.7 Å². The van der Waals surface area contributed by atoms with E-state index in [1.807, 2.05) is 0 Å². The van der Waals surface area contributed by atoms with Crippen molar-refractivity contribution in [1.82, 2.24) is 0 Å². The molecule has 0 atom stereocenters. The molecule has 0 saturated heterocycles. The Morgan fingerprint density at radius 3 is 1.50 bits per heavy atom. The van der Waals surface area contributed by atoms with Crippen LogP contribution in [0.4, 0.5) is 0 Å². The van der Waals surface area contributed by atoms with Gasteiger partial charge in [-0.1, -0.05) is 0 Å². The van der Waals surface area contributed by atoms with E-state index in [2.05, 4.69) is 0 Å². The Balaban J connectivity index is -0.00000000167. The second-order valence-electron chi connectivity index (χ2n) is 0. The molecule has 0 saturated carbocycles. The van der Waals surface area contributed by atoms with E-state index < -0.39 is 0 Å². The molecular formula is HLiNiOZr. The van der Waals surface area contributed by atoms with Crippen LogP contribution in [0.1, 0.15) is 1.43 Å². The standard InChI is InChI=1S/Li.Ni.O.Zr.H/q+1;;;;-1. The fourth-order valence-electron chi connectivity index (χ4n) is 0. The van der Waals surface area contributed by atoms with Crippen molar-refractivity contribution in [1.29, 1.82) is 0 Å². The Labute approximate surface area is 63.8 Å². The molecule has 4 heavy (non-hydrogen) atoms. The Bertz CT molecular complexity index is 11.6. The molecular weight excluding hydrogens is 173 g/mol. The second kappa shape index (κ2) is 21.6. The van der Waals surface area contributed by atoms with Gasteiger partial charge in [-0.05, 0) is 0 Å². The number of hydrogen-bond donors (Lipinski definition) is 0. The topological polar surface area (TPSA) is 17.1 Å². The van der Waals surface area contributed by atoms with Crippen LogP contribution in [0.5, 0.6) is 0 Å². The molecule has 0 aliphatic carbocycles. The minimum atomic E-state index is 0. The van der Waals surface area contributed by atoms with Gasteiger partial charge < -0.3 is 1.43 Å². The van der Waals surface area contributed by atoms with Gasteiger partial charge in [-0.15, -0.1) is 0 Å². The van der Waals surface area contributed by atoms with Crippen LogP contribution in [-0.2, 0) is 44.0 Å². The zero-order valence-corrected chi connectivity index (χ0v) is 5.67. The third kappa shape index (κ3) is 9.23. The van der Waals surface area contributed by atoms with Crippen LogP contribution in [0.3, 0.4) is 0 Å². The van der Waals surface area contributed by atoms with E-state index >= 15 is 0 Å². The van der Waals surface area contributed by atoms with Gasteiger partial charge in [-0.3, -0.25) is 0 Å². The van der Waals surface area contributed by atoms with Crippen molar-refractivity contribution >= 4 is 0 Å². The molecule has 0 aliphatic heterocycles. The molecule has 0 bridgehead atoms. The maximum atomic E-state index is 8.34. The summed E-state index contributed by atoms with van der Waals surface area (Å²) in [6.45, 7) is 0. The first kappa shape index (κ1) is 17.1. The van der Waals surface area contributed by atoms with E-state index in [4.69, 9.17) is 2.81 Å². The quantitative estimate of drug-likeness (QED) is 0.357. The number of rotatable bonds is 0. The van der Waals surface area contributed by atoms with E-state index in [1.54, 1.807) is 0 Å². The molecule has 0 rings (SSSR count).